The fourth-order valence-corrected chi connectivity index (χ4v) is 7.50. The second kappa shape index (κ2) is 10.6. The Bertz CT molecular complexity index is 1380. The van der Waals surface area contributed by atoms with Crippen molar-refractivity contribution in [1.29, 1.82) is 0 Å². The molecule has 1 saturated heterocycles. The van der Waals surface area contributed by atoms with E-state index < -0.39 is 15.4 Å². The van der Waals surface area contributed by atoms with Gasteiger partial charge in [-0.25, -0.2) is 8.42 Å². The number of anilines is 1. The number of hydrogen-bond acceptors (Lipinski definition) is 4. The van der Waals surface area contributed by atoms with E-state index in [4.69, 9.17) is 11.6 Å². The Hall–Kier alpha value is -2.71. The van der Waals surface area contributed by atoms with E-state index in [2.05, 4.69) is 5.32 Å². The zero-order valence-corrected chi connectivity index (χ0v) is 22.1. The Balaban J connectivity index is 0.00000210. The molecule has 8 heteroatoms. The summed E-state index contributed by atoms with van der Waals surface area (Å²) < 4.78 is 27.6. The fraction of sp³-hybridized carbons (Fsp3) is 0.345. The van der Waals surface area contributed by atoms with Crippen LogP contribution in [0.25, 0.3) is 11.1 Å². The van der Waals surface area contributed by atoms with Crippen LogP contribution in [0.1, 0.15) is 46.9 Å². The molecule has 6 nitrogen and oxygen atoms in total. The SMILES string of the molecule is O=C(Nc1cccc(-c2ccc(S(=O)(=O)N3CCC[C@@H]3CO)cc2)c1)C1(c2ccc(Cl)cc2)CCCC1.[HH].[HH]. The van der Waals surface area contributed by atoms with Gasteiger partial charge in [0.25, 0.3) is 0 Å². The Morgan fingerprint density at radius 1 is 1.00 bits per heavy atom. The van der Waals surface area contributed by atoms with Gasteiger partial charge in [0, 0.05) is 26.1 Å². The molecule has 3 aromatic carbocycles. The maximum atomic E-state index is 13.6. The van der Waals surface area contributed by atoms with Crippen LogP contribution in [0.3, 0.4) is 0 Å². The Labute approximate surface area is 226 Å². The largest absolute Gasteiger partial charge is 0.395 e. The van der Waals surface area contributed by atoms with Crippen LogP contribution in [0.5, 0.6) is 0 Å². The molecule has 2 fully saturated rings. The number of rotatable bonds is 7. The van der Waals surface area contributed by atoms with Gasteiger partial charge in [-0.3, -0.25) is 4.79 Å². The number of carbonyl (C=O) groups is 1. The molecule has 2 N–H and O–H groups in total. The third-order valence-corrected chi connectivity index (χ3v) is 9.96. The van der Waals surface area contributed by atoms with Gasteiger partial charge in [0.2, 0.25) is 15.9 Å². The zero-order valence-electron chi connectivity index (χ0n) is 20.6. The normalized spacial score (nSPS) is 19.7. The molecule has 0 aromatic heterocycles. The summed E-state index contributed by atoms with van der Waals surface area (Å²) >= 11 is 6.08. The number of nitrogens with zero attached hydrogens (tertiary/aromatic N) is 1. The minimum Gasteiger partial charge on any atom is -0.395 e. The van der Waals surface area contributed by atoms with Crippen LogP contribution in [-0.2, 0) is 20.2 Å². The van der Waals surface area contributed by atoms with Crippen LogP contribution in [0, 0.1) is 0 Å². The smallest absolute Gasteiger partial charge is 0.243 e. The zero-order chi connectivity index (χ0) is 26.0. The lowest BCUT2D eigenvalue weighted by atomic mass is 9.78. The molecule has 37 heavy (non-hydrogen) atoms. The van der Waals surface area contributed by atoms with E-state index in [-0.39, 0.29) is 26.3 Å². The van der Waals surface area contributed by atoms with Crippen molar-refractivity contribution in [3.05, 3.63) is 83.4 Å². The van der Waals surface area contributed by atoms with Gasteiger partial charge in [-0.15, -0.1) is 0 Å². The number of aliphatic hydroxyl groups is 1. The van der Waals surface area contributed by atoms with E-state index in [9.17, 15) is 18.3 Å². The summed E-state index contributed by atoms with van der Waals surface area (Å²) in [5.74, 6) is -0.0186. The molecule has 0 radical (unpaired) electrons. The van der Waals surface area contributed by atoms with Crippen molar-refractivity contribution >= 4 is 33.2 Å². The number of hydrogen-bond donors (Lipinski definition) is 2. The minimum absolute atomic E-state index is 0. The number of aliphatic hydroxyl groups excluding tert-OH is 1. The van der Waals surface area contributed by atoms with Gasteiger partial charge in [-0.1, -0.05) is 60.8 Å². The van der Waals surface area contributed by atoms with Crippen molar-refractivity contribution in [2.45, 2.75) is 54.9 Å². The predicted molar refractivity (Wildman–Crippen MR) is 150 cm³/mol. The van der Waals surface area contributed by atoms with Gasteiger partial charge in [-0.05, 0) is 78.8 Å². The highest BCUT2D eigenvalue weighted by Gasteiger charge is 2.42. The summed E-state index contributed by atoms with van der Waals surface area (Å²) in [6.45, 7) is 0.254. The third-order valence-electron chi connectivity index (χ3n) is 7.74. The molecule has 3 aromatic rings. The number of sulfonamides is 1. The van der Waals surface area contributed by atoms with Crippen LogP contribution in [0.15, 0.2) is 77.7 Å². The molecule has 1 amide bonds. The summed E-state index contributed by atoms with van der Waals surface area (Å²) in [4.78, 5) is 13.8. The maximum absolute atomic E-state index is 13.6. The molecule has 5 rings (SSSR count). The van der Waals surface area contributed by atoms with Gasteiger partial charge in [0.15, 0.2) is 0 Å². The lowest BCUT2D eigenvalue weighted by Crippen LogP contribution is -2.38. The first-order chi connectivity index (χ1) is 17.8. The van der Waals surface area contributed by atoms with Crippen LogP contribution in [0.4, 0.5) is 5.69 Å². The number of halogens is 1. The highest BCUT2D eigenvalue weighted by atomic mass is 35.5. The molecule has 1 saturated carbocycles. The van der Waals surface area contributed by atoms with Gasteiger partial charge in [0.1, 0.15) is 0 Å². The molecular weight excluding hydrogens is 508 g/mol. The van der Waals surface area contributed by atoms with Crippen molar-refractivity contribution in [3.63, 3.8) is 0 Å². The van der Waals surface area contributed by atoms with E-state index in [1.165, 1.54) is 4.31 Å². The molecule has 1 heterocycles. The van der Waals surface area contributed by atoms with Crippen LogP contribution in [0.2, 0.25) is 5.02 Å². The van der Waals surface area contributed by atoms with Gasteiger partial charge < -0.3 is 10.4 Å². The van der Waals surface area contributed by atoms with Crippen LogP contribution in [-0.4, -0.2) is 42.9 Å². The molecule has 0 bridgehead atoms. The average Bonchev–Trinajstić information content (AvgIpc) is 3.60. The number of amides is 1. The first-order valence-corrected chi connectivity index (χ1v) is 14.6. The monoisotopic (exact) mass is 542 g/mol. The molecule has 1 aliphatic carbocycles. The van der Waals surface area contributed by atoms with Crippen molar-refractivity contribution in [3.8, 4) is 11.1 Å². The molecule has 198 valence electrons. The van der Waals surface area contributed by atoms with Crippen LogP contribution >= 0.6 is 11.6 Å². The van der Waals surface area contributed by atoms with Crippen molar-refractivity contribution in [2.75, 3.05) is 18.5 Å². The lowest BCUT2D eigenvalue weighted by Gasteiger charge is -2.28. The van der Waals surface area contributed by atoms with E-state index in [1.807, 2.05) is 48.5 Å². The molecule has 0 spiro atoms. The number of nitrogens with one attached hydrogen (secondary N) is 1. The second-order valence-electron chi connectivity index (χ2n) is 9.95. The van der Waals surface area contributed by atoms with E-state index >= 15 is 0 Å². The van der Waals surface area contributed by atoms with Gasteiger partial charge >= 0.3 is 0 Å². The summed E-state index contributed by atoms with van der Waals surface area (Å²) in [6.07, 6.45) is 5.02. The average molecular weight is 543 g/mol. The van der Waals surface area contributed by atoms with Crippen molar-refractivity contribution < 1.29 is 21.2 Å². The summed E-state index contributed by atoms with van der Waals surface area (Å²) in [5, 5.41) is 13.3. The predicted octanol–water partition coefficient (Wildman–Crippen LogP) is 6.09. The Morgan fingerprint density at radius 3 is 2.38 bits per heavy atom. The Kier molecular flexibility index (Phi) is 7.41. The van der Waals surface area contributed by atoms with Crippen molar-refractivity contribution in [2.24, 2.45) is 0 Å². The lowest BCUT2D eigenvalue weighted by molar-refractivity contribution is -0.121. The third kappa shape index (κ3) is 5.06. The first kappa shape index (κ1) is 25.9. The molecule has 0 unspecified atom stereocenters. The number of carbonyl (C=O) groups excluding carboxylic acids is 1. The van der Waals surface area contributed by atoms with E-state index in [0.717, 1.165) is 48.8 Å². The van der Waals surface area contributed by atoms with Crippen LogP contribution < -0.4 is 5.32 Å². The second-order valence-corrected chi connectivity index (χ2v) is 12.3. The highest BCUT2D eigenvalue weighted by molar-refractivity contribution is 7.89. The van der Waals surface area contributed by atoms with Crippen molar-refractivity contribution in [1.82, 2.24) is 4.31 Å². The molecule has 1 aliphatic heterocycles. The first-order valence-electron chi connectivity index (χ1n) is 12.7. The standard InChI is InChI=1S/C29H31ClN2O4S.2H2/c30-24-12-10-23(11-13-24)29(16-1-2-17-29)28(34)31-25-6-3-5-22(19-25)21-8-14-27(15-9-21)37(35,36)32-18-4-7-26(32)20-33;;/h3,5-6,8-15,19,26,33H,1-2,4,7,16-18,20H2,(H,31,34);2*1H/t26-;;/m1../s1. The molecule has 1 atom stereocenters. The van der Waals surface area contributed by atoms with E-state index in [0.29, 0.717) is 23.7 Å². The topological polar surface area (TPSA) is 86.7 Å². The number of benzene rings is 3. The minimum atomic E-state index is -3.66. The molecule has 2 aliphatic rings. The van der Waals surface area contributed by atoms with E-state index in [1.54, 1.807) is 24.3 Å². The summed E-state index contributed by atoms with van der Waals surface area (Å²) in [5.41, 5.74) is 2.84. The quantitative estimate of drug-likeness (QED) is 0.378. The van der Waals surface area contributed by atoms with Gasteiger partial charge in [0.05, 0.1) is 16.9 Å². The summed E-state index contributed by atoms with van der Waals surface area (Å²) in [6, 6.07) is 21.6. The Morgan fingerprint density at radius 2 is 1.70 bits per heavy atom. The van der Waals surface area contributed by atoms with Gasteiger partial charge in [-0.2, -0.15) is 4.31 Å². The summed E-state index contributed by atoms with van der Waals surface area (Å²) in [7, 11) is -3.66. The highest BCUT2D eigenvalue weighted by Crippen LogP contribution is 2.42. The molecular formula is C29H35ClN2O4S. The fourth-order valence-electron chi connectivity index (χ4n) is 5.68. The maximum Gasteiger partial charge on any atom is 0.243 e.